The minimum atomic E-state index is -0.330. The summed E-state index contributed by atoms with van der Waals surface area (Å²) in [6, 6.07) is 3.38. The Balaban J connectivity index is 1.69. The van der Waals surface area contributed by atoms with E-state index in [0.29, 0.717) is 6.54 Å². The summed E-state index contributed by atoms with van der Waals surface area (Å²) in [5.41, 5.74) is 2.62. The fourth-order valence-electron chi connectivity index (χ4n) is 3.10. The normalized spacial score (nSPS) is 16.6. The third kappa shape index (κ3) is 4.39. The second-order valence-electron chi connectivity index (χ2n) is 7.06. The summed E-state index contributed by atoms with van der Waals surface area (Å²) < 4.78 is 12.9. The minimum Gasteiger partial charge on any atom is -0.355 e. The van der Waals surface area contributed by atoms with Gasteiger partial charge in [0.2, 0.25) is 5.82 Å². The topological polar surface area (TPSA) is 74.2 Å². The summed E-state index contributed by atoms with van der Waals surface area (Å²) in [4.78, 5) is 28.9. The number of pyridine rings is 1. The second kappa shape index (κ2) is 7.96. The molecular formula is C19H25FN6O. The molecule has 2 aromatic rings. The maximum Gasteiger partial charge on any atom is 0.291 e. The second-order valence-corrected chi connectivity index (χ2v) is 7.06. The molecule has 3 heterocycles. The van der Waals surface area contributed by atoms with Crippen molar-refractivity contribution < 1.29 is 9.18 Å². The maximum absolute atomic E-state index is 12.9. The van der Waals surface area contributed by atoms with Gasteiger partial charge in [0.05, 0.1) is 11.9 Å². The van der Waals surface area contributed by atoms with Gasteiger partial charge in [-0.2, -0.15) is 0 Å². The number of rotatable bonds is 5. The van der Waals surface area contributed by atoms with Gasteiger partial charge < -0.3 is 15.1 Å². The van der Waals surface area contributed by atoms with Crippen LogP contribution in [0.3, 0.4) is 0 Å². The van der Waals surface area contributed by atoms with E-state index in [-0.39, 0.29) is 23.6 Å². The molecule has 0 unspecified atom stereocenters. The molecule has 1 saturated heterocycles. The van der Waals surface area contributed by atoms with Crippen molar-refractivity contribution in [3.63, 3.8) is 0 Å². The van der Waals surface area contributed by atoms with Gasteiger partial charge in [0.1, 0.15) is 11.6 Å². The first-order valence-corrected chi connectivity index (χ1v) is 9.01. The Morgan fingerprint density at radius 1 is 1.33 bits per heavy atom. The average molecular weight is 372 g/mol. The first kappa shape index (κ1) is 19.2. The number of anilines is 1. The van der Waals surface area contributed by atoms with Crippen LogP contribution < -0.4 is 10.2 Å². The number of aromatic nitrogens is 3. The Morgan fingerprint density at radius 2 is 2.11 bits per heavy atom. The summed E-state index contributed by atoms with van der Waals surface area (Å²) in [6.45, 7) is 6.11. The van der Waals surface area contributed by atoms with E-state index in [9.17, 15) is 9.18 Å². The summed E-state index contributed by atoms with van der Waals surface area (Å²) in [6.07, 6.45) is 2.19. The van der Waals surface area contributed by atoms with Crippen LogP contribution in [0.25, 0.3) is 0 Å². The summed E-state index contributed by atoms with van der Waals surface area (Å²) >= 11 is 0. The summed E-state index contributed by atoms with van der Waals surface area (Å²) in [5, 5.41) is 3.46. The molecule has 144 valence electrons. The fourth-order valence-corrected chi connectivity index (χ4v) is 3.10. The van der Waals surface area contributed by atoms with Crippen LogP contribution in [0.5, 0.6) is 0 Å². The molecule has 2 aromatic heterocycles. The molecule has 0 radical (unpaired) electrons. The lowest BCUT2D eigenvalue weighted by Crippen LogP contribution is -2.33. The van der Waals surface area contributed by atoms with E-state index < -0.39 is 0 Å². The predicted octanol–water partition coefficient (Wildman–Crippen LogP) is 1.70. The molecule has 1 fully saturated rings. The average Bonchev–Trinajstić information content (AvgIpc) is 3.11. The van der Waals surface area contributed by atoms with Crippen LogP contribution in [0, 0.1) is 19.7 Å². The van der Waals surface area contributed by atoms with Gasteiger partial charge in [0.15, 0.2) is 0 Å². The van der Waals surface area contributed by atoms with Crippen molar-refractivity contribution >= 4 is 11.7 Å². The van der Waals surface area contributed by atoms with Crippen LogP contribution in [-0.2, 0) is 6.54 Å². The van der Waals surface area contributed by atoms with E-state index in [1.807, 2.05) is 13.8 Å². The highest BCUT2D eigenvalue weighted by atomic mass is 19.1. The Hall–Kier alpha value is -2.61. The zero-order chi connectivity index (χ0) is 19.6. The lowest BCUT2D eigenvalue weighted by molar-refractivity contribution is 0.0815. The van der Waals surface area contributed by atoms with Gasteiger partial charge in [-0.25, -0.2) is 14.4 Å². The van der Waals surface area contributed by atoms with Gasteiger partial charge in [-0.05, 0) is 32.4 Å². The molecule has 7 nitrogen and oxygen atoms in total. The smallest absolute Gasteiger partial charge is 0.291 e. The molecule has 3 rings (SSSR count). The highest BCUT2D eigenvalue weighted by Crippen LogP contribution is 2.24. The first-order chi connectivity index (χ1) is 12.8. The van der Waals surface area contributed by atoms with Gasteiger partial charge in [-0.1, -0.05) is 0 Å². The Bertz CT molecular complexity index is 824. The molecule has 0 aromatic carbocycles. The standard InChI is InChI=1S/C19H25FN6O/c1-12-13(2)23-17(19(27)25(3)4)24-18(12)26-8-7-16(11-26)22-10-15-6-5-14(20)9-21-15/h5-6,9,16,22H,7-8,10-11H2,1-4H3/t16-/m1/s1. The lowest BCUT2D eigenvalue weighted by atomic mass is 10.2. The van der Waals surface area contributed by atoms with Crippen LogP contribution in [0.1, 0.15) is 34.0 Å². The molecular weight excluding hydrogens is 347 g/mol. The third-order valence-corrected chi connectivity index (χ3v) is 4.81. The monoisotopic (exact) mass is 372 g/mol. The molecule has 0 bridgehead atoms. The van der Waals surface area contributed by atoms with E-state index in [4.69, 9.17) is 0 Å². The number of nitrogens with zero attached hydrogens (tertiary/aromatic N) is 5. The molecule has 27 heavy (non-hydrogen) atoms. The number of halogens is 1. The van der Waals surface area contributed by atoms with Crippen molar-refractivity contribution in [2.24, 2.45) is 0 Å². The number of amides is 1. The van der Waals surface area contributed by atoms with Crippen LogP contribution in [0.2, 0.25) is 0 Å². The SMILES string of the molecule is Cc1nc(C(=O)N(C)C)nc(N2CC[C@@H](NCc3ccc(F)cn3)C2)c1C. The number of carbonyl (C=O) groups is 1. The molecule has 0 saturated carbocycles. The van der Waals surface area contributed by atoms with Crippen molar-refractivity contribution in [3.8, 4) is 0 Å². The van der Waals surface area contributed by atoms with E-state index in [1.54, 1.807) is 20.2 Å². The highest BCUT2D eigenvalue weighted by Gasteiger charge is 2.26. The maximum atomic E-state index is 12.9. The van der Waals surface area contributed by atoms with Gasteiger partial charge in [-0.3, -0.25) is 9.78 Å². The zero-order valence-corrected chi connectivity index (χ0v) is 16.2. The summed E-state index contributed by atoms with van der Waals surface area (Å²) in [7, 11) is 3.39. The third-order valence-electron chi connectivity index (χ3n) is 4.81. The van der Waals surface area contributed by atoms with E-state index in [2.05, 4.69) is 25.2 Å². The van der Waals surface area contributed by atoms with Crippen LogP contribution >= 0.6 is 0 Å². The van der Waals surface area contributed by atoms with Crippen LogP contribution in [-0.4, -0.2) is 59.0 Å². The van der Waals surface area contributed by atoms with Gasteiger partial charge in [-0.15, -0.1) is 0 Å². The molecule has 0 spiro atoms. The van der Waals surface area contributed by atoms with Crippen molar-refractivity contribution in [1.82, 2.24) is 25.2 Å². The Kier molecular flexibility index (Phi) is 5.65. The van der Waals surface area contributed by atoms with Crippen molar-refractivity contribution in [1.29, 1.82) is 0 Å². The first-order valence-electron chi connectivity index (χ1n) is 9.01. The number of carbonyl (C=O) groups excluding carboxylic acids is 1. The Labute approximate surface area is 158 Å². The van der Waals surface area contributed by atoms with Gasteiger partial charge in [0.25, 0.3) is 5.91 Å². The predicted molar refractivity (Wildman–Crippen MR) is 101 cm³/mol. The van der Waals surface area contributed by atoms with Crippen LogP contribution in [0.4, 0.5) is 10.2 Å². The van der Waals surface area contributed by atoms with Crippen molar-refractivity contribution in [2.75, 3.05) is 32.1 Å². The van der Waals surface area contributed by atoms with E-state index >= 15 is 0 Å². The number of hydrogen-bond donors (Lipinski definition) is 1. The van der Waals surface area contributed by atoms with Crippen molar-refractivity contribution in [2.45, 2.75) is 32.9 Å². The molecule has 1 amide bonds. The number of aryl methyl sites for hydroxylation is 1. The molecule has 0 aliphatic carbocycles. The van der Waals surface area contributed by atoms with E-state index in [1.165, 1.54) is 17.2 Å². The quantitative estimate of drug-likeness (QED) is 0.861. The molecule has 1 N–H and O–H groups in total. The van der Waals surface area contributed by atoms with Crippen LogP contribution in [0.15, 0.2) is 18.3 Å². The van der Waals surface area contributed by atoms with Gasteiger partial charge >= 0.3 is 0 Å². The minimum absolute atomic E-state index is 0.199. The molecule has 1 aliphatic rings. The largest absolute Gasteiger partial charge is 0.355 e. The number of hydrogen-bond acceptors (Lipinski definition) is 6. The molecule has 1 aliphatic heterocycles. The Morgan fingerprint density at radius 3 is 2.78 bits per heavy atom. The molecule has 8 heteroatoms. The summed E-state index contributed by atoms with van der Waals surface area (Å²) in [5.74, 6) is 0.515. The van der Waals surface area contributed by atoms with E-state index in [0.717, 1.165) is 42.3 Å². The lowest BCUT2D eigenvalue weighted by Gasteiger charge is -2.22. The fraction of sp³-hybridized carbons (Fsp3) is 0.474. The van der Waals surface area contributed by atoms with Crippen molar-refractivity contribution in [3.05, 3.63) is 46.9 Å². The zero-order valence-electron chi connectivity index (χ0n) is 16.2. The van der Waals surface area contributed by atoms with Gasteiger partial charge in [0, 0.05) is 51.0 Å². The highest BCUT2D eigenvalue weighted by molar-refractivity contribution is 5.90. The molecule has 1 atom stereocenters. The number of nitrogens with one attached hydrogen (secondary N) is 1.